The number of carbonyl (C=O) groups is 1. The minimum Gasteiger partial charge on any atom is -0.347 e. The molecule has 2 aliphatic heterocycles. The van der Waals surface area contributed by atoms with Gasteiger partial charge in [-0.05, 0) is 12.1 Å². The molecule has 1 amide bonds. The first-order valence-electron chi connectivity index (χ1n) is 7.84. The van der Waals surface area contributed by atoms with Crippen molar-refractivity contribution in [2.75, 3.05) is 32.6 Å². The smallest absolute Gasteiger partial charge is 0.253 e. The quantitative estimate of drug-likeness (QED) is 0.823. The number of amides is 1. The van der Waals surface area contributed by atoms with Gasteiger partial charge in [0.25, 0.3) is 5.91 Å². The van der Waals surface area contributed by atoms with Crippen molar-refractivity contribution in [1.29, 1.82) is 0 Å². The normalized spacial score (nSPS) is 20.5. The van der Waals surface area contributed by atoms with Gasteiger partial charge in [-0.1, -0.05) is 0 Å². The summed E-state index contributed by atoms with van der Waals surface area (Å²) in [7, 11) is -3.30. The number of rotatable bonds is 4. The molecule has 0 aromatic carbocycles. The Morgan fingerprint density at radius 3 is 2.62 bits per heavy atom. The Morgan fingerprint density at radius 2 is 2.00 bits per heavy atom. The summed E-state index contributed by atoms with van der Waals surface area (Å²) >= 11 is 0. The minimum atomic E-state index is -3.30. The molecule has 0 atom stereocenters. The predicted octanol–water partition coefficient (Wildman–Crippen LogP) is 0.110. The largest absolute Gasteiger partial charge is 0.347 e. The van der Waals surface area contributed by atoms with Crippen LogP contribution in [-0.2, 0) is 26.0 Å². The molecule has 0 aliphatic carbocycles. The maximum Gasteiger partial charge on any atom is 0.253 e. The van der Waals surface area contributed by atoms with Gasteiger partial charge < -0.3 is 14.4 Å². The van der Waals surface area contributed by atoms with E-state index < -0.39 is 15.8 Å². The molecule has 2 fully saturated rings. The highest BCUT2D eigenvalue weighted by Gasteiger charge is 2.40. The number of nitrogens with one attached hydrogen (secondary N) is 1. The lowest BCUT2D eigenvalue weighted by Gasteiger charge is -2.37. The summed E-state index contributed by atoms with van der Waals surface area (Å²) in [6.07, 6.45) is 3.92. The SMILES string of the molecule is CS(=O)(=O)NCc1cc(C(=O)N2CCC3(CC2)OCCO3)ccn1. The van der Waals surface area contributed by atoms with Gasteiger partial charge in [-0.25, -0.2) is 13.1 Å². The molecule has 3 rings (SSSR count). The number of aromatic nitrogens is 1. The maximum atomic E-state index is 12.6. The van der Waals surface area contributed by atoms with Crippen molar-refractivity contribution in [3.8, 4) is 0 Å². The van der Waals surface area contributed by atoms with Crippen LogP contribution in [0.15, 0.2) is 18.3 Å². The van der Waals surface area contributed by atoms with E-state index >= 15 is 0 Å². The van der Waals surface area contributed by atoms with Crippen molar-refractivity contribution in [2.45, 2.75) is 25.2 Å². The van der Waals surface area contributed by atoms with Gasteiger partial charge in [0, 0.05) is 37.7 Å². The van der Waals surface area contributed by atoms with Gasteiger partial charge in [0.2, 0.25) is 10.0 Å². The number of nitrogens with zero attached hydrogens (tertiary/aromatic N) is 2. The maximum absolute atomic E-state index is 12.6. The van der Waals surface area contributed by atoms with E-state index in [1.54, 1.807) is 17.0 Å². The summed E-state index contributed by atoms with van der Waals surface area (Å²) in [4.78, 5) is 18.5. The molecule has 1 spiro atoms. The van der Waals surface area contributed by atoms with Crippen molar-refractivity contribution in [3.63, 3.8) is 0 Å². The van der Waals surface area contributed by atoms with E-state index in [4.69, 9.17) is 9.47 Å². The van der Waals surface area contributed by atoms with Crippen LogP contribution in [0, 0.1) is 0 Å². The first-order chi connectivity index (χ1) is 11.4. The molecule has 9 heteroatoms. The van der Waals surface area contributed by atoms with E-state index in [1.807, 2.05) is 0 Å². The lowest BCUT2D eigenvalue weighted by Crippen LogP contribution is -2.47. The fraction of sp³-hybridized carbons (Fsp3) is 0.600. The Labute approximate surface area is 141 Å². The van der Waals surface area contributed by atoms with Crippen LogP contribution >= 0.6 is 0 Å². The van der Waals surface area contributed by atoms with Gasteiger partial charge in [0.05, 0.1) is 31.7 Å². The number of ether oxygens (including phenoxy) is 2. The molecule has 0 radical (unpaired) electrons. The molecule has 2 saturated heterocycles. The standard InChI is InChI=1S/C15H21N3O5S/c1-24(20,21)17-11-13-10-12(2-5-16-13)14(19)18-6-3-15(4-7-18)22-8-9-23-15/h2,5,10,17H,3-4,6-9,11H2,1H3. The lowest BCUT2D eigenvalue weighted by molar-refractivity contribution is -0.181. The second-order valence-corrected chi connectivity index (χ2v) is 7.86. The number of pyridine rings is 1. The topological polar surface area (TPSA) is 97.8 Å². The zero-order chi connectivity index (χ0) is 17.2. The highest BCUT2D eigenvalue weighted by atomic mass is 32.2. The monoisotopic (exact) mass is 355 g/mol. The van der Waals surface area contributed by atoms with Crippen molar-refractivity contribution in [2.24, 2.45) is 0 Å². The zero-order valence-corrected chi connectivity index (χ0v) is 14.3. The second kappa shape index (κ2) is 6.75. The third kappa shape index (κ3) is 4.10. The number of hydrogen-bond donors (Lipinski definition) is 1. The molecule has 0 saturated carbocycles. The van der Waals surface area contributed by atoms with Gasteiger partial charge in [0.15, 0.2) is 5.79 Å². The number of sulfonamides is 1. The molecule has 8 nitrogen and oxygen atoms in total. The molecule has 0 bridgehead atoms. The Hall–Kier alpha value is -1.55. The van der Waals surface area contributed by atoms with Crippen LogP contribution in [0.3, 0.4) is 0 Å². The van der Waals surface area contributed by atoms with Crippen LogP contribution in [0.5, 0.6) is 0 Å². The summed E-state index contributed by atoms with van der Waals surface area (Å²) in [5.41, 5.74) is 1.00. The minimum absolute atomic E-state index is 0.0603. The van der Waals surface area contributed by atoms with Crippen molar-refractivity contribution >= 4 is 15.9 Å². The van der Waals surface area contributed by atoms with E-state index in [0.717, 1.165) is 6.26 Å². The molecule has 1 aromatic heterocycles. The Balaban J connectivity index is 1.63. The summed E-state index contributed by atoms with van der Waals surface area (Å²) in [6.45, 7) is 2.41. The van der Waals surface area contributed by atoms with Gasteiger partial charge >= 0.3 is 0 Å². The summed E-state index contributed by atoms with van der Waals surface area (Å²) in [5.74, 6) is -0.606. The van der Waals surface area contributed by atoms with Gasteiger partial charge in [0.1, 0.15) is 0 Å². The molecule has 0 unspecified atom stereocenters. The van der Waals surface area contributed by atoms with Crippen molar-refractivity contribution in [3.05, 3.63) is 29.6 Å². The second-order valence-electron chi connectivity index (χ2n) is 6.03. The van der Waals surface area contributed by atoms with E-state index in [2.05, 4.69) is 9.71 Å². The summed E-state index contributed by atoms with van der Waals surface area (Å²) < 4.78 is 36.0. The average Bonchev–Trinajstić information content (AvgIpc) is 3.01. The van der Waals surface area contributed by atoms with Crippen LogP contribution < -0.4 is 4.72 Å². The molecule has 1 aromatic rings. The Morgan fingerprint density at radius 1 is 1.33 bits per heavy atom. The lowest BCUT2D eigenvalue weighted by atomic mass is 10.0. The van der Waals surface area contributed by atoms with Crippen LogP contribution in [0.4, 0.5) is 0 Å². The predicted molar refractivity (Wildman–Crippen MR) is 85.7 cm³/mol. The summed E-state index contributed by atoms with van der Waals surface area (Å²) in [6, 6.07) is 3.26. The molecule has 2 aliphatic rings. The fourth-order valence-electron chi connectivity index (χ4n) is 2.93. The van der Waals surface area contributed by atoms with Crippen LogP contribution in [0.2, 0.25) is 0 Å². The van der Waals surface area contributed by atoms with Crippen LogP contribution in [0.25, 0.3) is 0 Å². The summed E-state index contributed by atoms with van der Waals surface area (Å²) in [5, 5.41) is 0. The van der Waals surface area contributed by atoms with Gasteiger partial charge in [-0.15, -0.1) is 0 Å². The van der Waals surface area contributed by atoms with Crippen LogP contribution in [-0.4, -0.2) is 62.6 Å². The molecular weight excluding hydrogens is 334 g/mol. The fourth-order valence-corrected chi connectivity index (χ4v) is 3.34. The third-order valence-electron chi connectivity index (χ3n) is 4.21. The first-order valence-corrected chi connectivity index (χ1v) is 9.73. The Bertz CT molecular complexity index is 706. The number of likely N-dealkylation sites (tertiary alicyclic amines) is 1. The first kappa shape index (κ1) is 17.3. The van der Waals surface area contributed by atoms with E-state index in [0.29, 0.717) is 50.4 Å². The molecule has 24 heavy (non-hydrogen) atoms. The zero-order valence-electron chi connectivity index (χ0n) is 13.5. The third-order valence-corrected chi connectivity index (χ3v) is 4.87. The number of hydrogen-bond acceptors (Lipinski definition) is 6. The number of piperidine rings is 1. The molecular formula is C15H21N3O5S. The van der Waals surface area contributed by atoms with Crippen LogP contribution in [0.1, 0.15) is 28.9 Å². The highest BCUT2D eigenvalue weighted by Crippen LogP contribution is 2.31. The van der Waals surface area contributed by atoms with Crippen molar-refractivity contribution < 1.29 is 22.7 Å². The average molecular weight is 355 g/mol. The van der Waals surface area contributed by atoms with Gasteiger partial charge in [-0.3, -0.25) is 9.78 Å². The molecule has 132 valence electrons. The number of carbonyl (C=O) groups excluding carboxylic acids is 1. The van der Waals surface area contributed by atoms with E-state index in [1.165, 1.54) is 6.20 Å². The Kier molecular flexibility index (Phi) is 4.86. The molecule has 3 heterocycles. The van der Waals surface area contributed by atoms with Gasteiger partial charge in [-0.2, -0.15) is 0 Å². The van der Waals surface area contributed by atoms with E-state index in [9.17, 15) is 13.2 Å². The van der Waals surface area contributed by atoms with Crippen molar-refractivity contribution in [1.82, 2.24) is 14.6 Å². The molecule has 1 N–H and O–H groups in total. The van der Waals surface area contributed by atoms with E-state index in [-0.39, 0.29) is 12.5 Å². The highest BCUT2D eigenvalue weighted by molar-refractivity contribution is 7.88.